The molecule has 0 bridgehead atoms. The molecule has 38 heavy (non-hydrogen) atoms. The number of nitrogens with zero attached hydrogens (tertiary/aromatic N) is 4. The predicted octanol–water partition coefficient (Wildman–Crippen LogP) is 3.60. The number of para-hydroxylation sites is 1. The smallest absolute Gasteiger partial charge is 0.318 e. The number of piperidine rings is 1. The first-order valence-electron chi connectivity index (χ1n) is 13.5. The summed E-state index contributed by atoms with van der Waals surface area (Å²) in [6.07, 6.45) is 10.6. The van der Waals surface area contributed by atoms with E-state index in [4.69, 9.17) is 0 Å². The molecule has 6 rings (SSSR count). The van der Waals surface area contributed by atoms with Gasteiger partial charge in [-0.05, 0) is 60.7 Å². The maximum atomic E-state index is 13.7. The molecule has 0 spiro atoms. The van der Waals surface area contributed by atoms with E-state index in [1.807, 2.05) is 29.4 Å². The number of carbonyl (C=O) groups excluding carboxylic acids is 1. The van der Waals surface area contributed by atoms with Crippen molar-refractivity contribution in [3.63, 3.8) is 0 Å². The van der Waals surface area contributed by atoms with Crippen LogP contribution >= 0.6 is 0 Å². The third-order valence-electron chi connectivity index (χ3n) is 7.88. The van der Waals surface area contributed by atoms with Gasteiger partial charge in [0.2, 0.25) is 0 Å². The number of amides is 2. The molecule has 1 aromatic carbocycles. The molecular formula is C30H34N6O2. The molecule has 1 aliphatic carbocycles. The lowest BCUT2D eigenvalue weighted by Crippen LogP contribution is -2.53. The molecule has 2 aliphatic rings. The Kier molecular flexibility index (Phi) is 6.72. The van der Waals surface area contributed by atoms with E-state index in [9.17, 15) is 9.59 Å². The molecule has 8 heteroatoms. The minimum Gasteiger partial charge on any atom is -0.343 e. The number of aromatic nitrogens is 3. The monoisotopic (exact) mass is 510 g/mol. The van der Waals surface area contributed by atoms with Crippen LogP contribution in [0.2, 0.25) is 0 Å². The highest BCUT2D eigenvalue weighted by atomic mass is 16.2. The van der Waals surface area contributed by atoms with Crippen molar-refractivity contribution in [2.45, 2.75) is 50.4 Å². The second-order valence-electron chi connectivity index (χ2n) is 10.6. The minimum absolute atomic E-state index is 0.0200. The van der Waals surface area contributed by atoms with Crippen molar-refractivity contribution in [1.82, 2.24) is 29.7 Å². The maximum Gasteiger partial charge on any atom is 0.318 e. The van der Waals surface area contributed by atoms with E-state index in [-0.39, 0.29) is 29.6 Å². The molecular weight excluding hydrogens is 476 g/mol. The standard InChI is InChI=1S/C30H34N6O2/c1-34-14-11-22(15-29(34)37)25-10-13-32-17-27(25)33-30(38)36(24-8-9-24)20-23-19-35(18-21-5-4-12-31-16-21)28-7-3-2-6-26(23)28/h2-7,11-12,14-16,19,24-25,27,32H,8-10,13,17-18,20H2,1H3,(H,33,38)/t25-,27+/m0/s1. The second kappa shape index (κ2) is 10.5. The molecule has 1 saturated carbocycles. The van der Waals surface area contributed by atoms with Gasteiger partial charge in [-0.25, -0.2) is 4.79 Å². The molecule has 2 fully saturated rings. The average molecular weight is 511 g/mol. The molecule has 3 aromatic heterocycles. The Morgan fingerprint density at radius 2 is 2.03 bits per heavy atom. The Morgan fingerprint density at radius 1 is 1.16 bits per heavy atom. The fourth-order valence-corrected chi connectivity index (χ4v) is 5.65. The van der Waals surface area contributed by atoms with Gasteiger partial charge in [0.1, 0.15) is 0 Å². The van der Waals surface area contributed by atoms with Crippen molar-refractivity contribution in [1.29, 1.82) is 0 Å². The number of nitrogens with one attached hydrogen (secondary N) is 2. The highest BCUT2D eigenvalue weighted by Gasteiger charge is 2.36. The van der Waals surface area contributed by atoms with Crippen LogP contribution in [0, 0.1) is 0 Å². The number of benzene rings is 1. The summed E-state index contributed by atoms with van der Waals surface area (Å²) >= 11 is 0. The summed E-state index contributed by atoms with van der Waals surface area (Å²) in [5.74, 6) is 0.108. The third kappa shape index (κ3) is 5.09. The number of rotatable bonds is 7. The topological polar surface area (TPSA) is 84.2 Å². The number of aryl methyl sites for hydroxylation is 1. The van der Waals surface area contributed by atoms with E-state index in [2.05, 4.69) is 56.7 Å². The summed E-state index contributed by atoms with van der Waals surface area (Å²) in [5.41, 5.74) is 4.43. The molecule has 196 valence electrons. The van der Waals surface area contributed by atoms with Crippen molar-refractivity contribution in [3.8, 4) is 0 Å². The van der Waals surface area contributed by atoms with E-state index >= 15 is 0 Å². The molecule has 2 N–H and O–H groups in total. The van der Waals surface area contributed by atoms with Crippen molar-refractivity contribution >= 4 is 16.9 Å². The van der Waals surface area contributed by atoms with Gasteiger partial charge in [0.25, 0.3) is 5.56 Å². The molecule has 8 nitrogen and oxygen atoms in total. The molecule has 4 heterocycles. The molecule has 2 atom stereocenters. The number of fused-ring (bicyclic) bond motifs is 1. The fourth-order valence-electron chi connectivity index (χ4n) is 5.65. The molecule has 0 unspecified atom stereocenters. The van der Waals surface area contributed by atoms with Gasteiger partial charge in [-0.3, -0.25) is 9.78 Å². The van der Waals surface area contributed by atoms with Crippen LogP contribution in [-0.2, 0) is 20.1 Å². The van der Waals surface area contributed by atoms with Gasteiger partial charge in [-0.2, -0.15) is 0 Å². The quantitative estimate of drug-likeness (QED) is 0.398. The third-order valence-corrected chi connectivity index (χ3v) is 7.88. The number of carbonyl (C=O) groups is 1. The fraction of sp³-hybridized carbons (Fsp3) is 0.367. The average Bonchev–Trinajstić information content (AvgIpc) is 3.73. The SMILES string of the molecule is Cn1ccc([C@@H]2CCNC[C@H]2NC(=O)N(Cc2cn(Cc3cccnc3)c3ccccc23)C2CC2)cc1=O. The first-order valence-corrected chi connectivity index (χ1v) is 13.5. The van der Waals surface area contributed by atoms with E-state index < -0.39 is 0 Å². The van der Waals surface area contributed by atoms with Crippen molar-refractivity contribution in [3.05, 3.63) is 100 Å². The van der Waals surface area contributed by atoms with Crippen molar-refractivity contribution < 1.29 is 4.79 Å². The zero-order valence-electron chi connectivity index (χ0n) is 21.7. The van der Waals surface area contributed by atoms with E-state index in [0.717, 1.165) is 54.6 Å². The van der Waals surface area contributed by atoms with Gasteiger partial charge in [-0.15, -0.1) is 0 Å². The van der Waals surface area contributed by atoms with E-state index in [1.165, 1.54) is 5.39 Å². The first-order chi connectivity index (χ1) is 18.6. The summed E-state index contributed by atoms with van der Waals surface area (Å²) in [6, 6.07) is 16.3. The molecule has 1 saturated heterocycles. The van der Waals surface area contributed by atoms with Crippen LogP contribution < -0.4 is 16.2 Å². The summed E-state index contributed by atoms with van der Waals surface area (Å²) in [5, 5.41) is 7.94. The van der Waals surface area contributed by atoms with E-state index in [1.54, 1.807) is 23.9 Å². The summed E-state index contributed by atoms with van der Waals surface area (Å²) in [4.78, 5) is 32.3. The number of pyridine rings is 2. The molecule has 4 aromatic rings. The zero-order chi connectivity index (χ0) is 26.1. The Bertz CT molecular complexity index is 1490. The summed E-state index contributed by atoms with van der Waals surface area (Å²) < 4.78 is 3.83. The highest BCUT2D eigenvalue weighted by molar-refractivity contribution is 5.85. The summed E-state index contributed by atoms with van der Waals surface area (Å²) in [6.45, 7) is 2.85. The van der Waals surface area contributed by atoms with E-state index in [0.29, 0.717) is 13.1 Å². The Hall–Kier alpha value is -3.91. The number of hydrogen-bond donors (Lipinski definition) is 2. The number of urea groups is 1. The van der Waals surface area contributed by atoms with Crippen LogP contribution in [0.4, 0.5) is 4.79 Å². The molecule has 2 amide bonds. The van der Waals surface area contributed by atoms with Crippen LogP contribution in [0.5, 0.6) is 0 Å². The van der Waals surface area contributed by atoms with Crippen molar-refractivity contribution in [2.24, 2.45) is 7.05 Å². The minimum atomic E-state index is -0.0727. The maximum absolute atomic E-state index is 13.7. The van der Waals surface area contributed by atoms with Gasteiger partial charge < -0.3 is 24.7 Å². The predicted molar refractivity (Wildman–Crippen MR) is 148 cm³/mol. The largest absolute Gasteiger partial charge is 0.343 e. The lowest BCUT2D eigenvalue weighted by Gasteiger charge is -2.35. The molecule has 1 aliphatic heterocycles. The van der Waals surface area contributed by atoms with Gasteiger partial charge in [-0.1, -0.05) is 24.3 Å². The zero-order valence-corrected chi connectivity index (χ0v) is 21.7. The van der Waals surface area contributed by atoms with Crippen LogP contribution in [0.15, 0.2) is 78.1 Å². The summed E-state index contributed by atoms with van der Waals surface area (Å²) in [7, 11) is 1.76. The van der Waals surface area contributed by atoms with Gasteiger partial charge >= 0.3 is 6.03 Å². The normalized spacial score (nSPS) is 19.4. The Morgan fingerprint density at radius 3 is 2.82 bits per heavy atom. The lowest BCUT2D eigenvalue weighted by atomic mass is 9.86. The Balaban J connectivity index is 1.23. The van der Waals surface area contributed by atoms with Crippen LogP contribution in [0.1, 0.15) is 41.9 Å². The van der Waals surface area contributed by atoms with Gasteiger partial charge in [0.05, 0.1) is 0 Å². The van der Waals surface area contributed by atoms with Crippen LogP contribution in [0.3, 0.4) is 0 Å². The molecule has 0 radical (unpaired) electrons. The Labute approximate surface area is 222 Å². The van der Waals surface area contributed by atoms with Gasteiger partial charge in [0, 0.05) is 86.4 Å². The first kappa shape index (κ1) is 24.4. The van der Waals surface area contributed by atoms with Crippen LogP contribution in [-0.4, -0.2) is 50.2 Å². The number of hydrogen-bond acceptors (Lipinski definition) is 4. The van der Waals surface area contributed by atoms with Crippen molar-refractivity contribution in [2.75, 3.05) is 13.1 Å². The second-order valence-corrected chi connectivity index (χ2v) is 10.6. The van der Waals surface area contributed by atoms with Crippen LogP contribution in [0.25, 0.3) is 10.9 Å². The highest BCUT2D eigenvalue weighted by Crippen LogP contribution is 2.32. The van der Waals surface area contributed by atoms with Gasteiger partial charge in [0.15, 0.2) is 0 Å². The lowest BCUT2D eigenvalue weighted by molar-refractivity contribution is 0.183.